The van der Waals surface area contributed by atoms with Crippen LogP contribution in [0.1, 0.15) is 16.1 Å². The monoisotopic (exact) mass is 357 g/mol. The van der Waals surface area contributed by atoms with Crippen molar-refractivity contribution in [3.63, 3.8) is 0 Å². The smallest absolute Gasteiger partial charge is 0.307 e. The number of nitrogens with one attached hydrogen (secondary N) is 1. The first-order chi connectivity index (χ1) is 12.4. The van der Waals surface area contributed by atoms with Gasteiger partial charge in [0, 0.05) is 11.8 Å². The number of hydrogen-bond acceptors (Lipinski definition) is 3. The molecule has 0 saturated heterocycles. The van der Waals surface area contributed by atoms with Crippen LogP contribution < -0.4 is 5.32 Å². The number of carbonyl (C=O) groups excluding carboxylic acids is 1. The summed E-state index contributed by atoms with van der Waals surface area (Å²) in [5.41, 5.74) is 1.10. The van der Waals surface area contributed by atoms with Crippen LogP contribution in [0.5, 0.6) is 0 Å². The fourth-order valence-corrected chi connectivity index (χ4v) is 2.37. The van der Waals surface area contributed by atoms with Crippen LogP contribution in [0.2, 0.25) is 0 Å². The zero-order valence-corrected chi connectivity index (χ0v) is 13.3. The molecule has 0 aliphatic rings. The van der Waals surface area contributed by atoms with Gasteiger partial charge >= 0.3 is 5.97 Å². The number of carboxylic acids is 1. The maximum absolute atomic E-state index is 13.8. The van der Waals surface area contributed by atoms with Crippen molar-refractivity contribution in [2.45, 2.75) is 6.42 Å². The van der Waals surface area contributed by atoms with E-state index in [-0.39, 0.29) is 23.5 Å². The Labute approximate surface area is 146 Å². The Bertz CT molecular complexity index is 964. The average molecular weight is 357 g/mol. The number of anilines is 1. The Morgan fingerprint density at radius 2 is 1.73 bits per heavy atom. The van der Waals surface area contributed by atoms with E-state index in [1.165, 1.54) is 18.2 Å². The van der Waals surface area contributed by atoms with E-state index in [1.807, 2.05) is 0 Å². The summed E-state index contributed by atoms with van der Waals surface area (Å²) in [5, 5.41) is 11.3. The number of furan rings is 1. The zero-order valence-electron chi connectivity index (χ0n) is 13.3. The lowest BCUT2D eigenvalue weighted by atomic mass is 10.1. The predicted molar refractivity (Wildman–Crippen MR) is 89.8 cm³/mol. The van der Waals surface area contributed by atoms with E-state index in [4.69, 9.17) is 9.52 Å². The fraction of sp³-hybridized carbons (Fsp3) is 0.0526. The Morgan fingerprint density at radius 3 is 2.38 bits per heavy atom. The lowest BCUT2D eigenvalue weighted by Crippen LogP contribution is -2.11. The second kappa shape index (κ2) is 7.18. The van der Waals surface area contributed by atoms with Gasteiger partial charge in [-0.3, -0.25) is 9.59 Å². The van der Waals surface area contributed by atoms with E-state index in [2.05, 4.69) is 5.32 Å². The normalized spacial score (nSPS) is 10.5. The minimum absolute atomic E-state index is 0.0432. The first-order valence-electron chi connectivity index (χ1n) is 7.60. The minimum Gasteiger partial charge on any atom is -0.481 e. The van der Waals surface area contributed by atoms with Crippen LogP contribution in [-0.2, 0) is 11.2 Å². The molecule has 0 saturated carbocycles. The van der Waals surface area contributed by atoms with Gasteiger partial charge in [0.25, 0.3) is 5.91 Å². The molecule has 0 atom stereocenters. The van der Waals surface area contributed by atoms with E-state index < -0.39 is 23.5 Å². The maximum atomic E-state index is 13.8. The standard InChI is InChI=1S/C19H13F2NO4/c20-12-3-6-14(15(21)10-12)16-7-8-17(26-16)19(25)22-13-4-1-11(2-5-13)9-18(23)24/h1-8,10H,9H2,(H,22,25)(H,23,24). The van der Waals surface area contributed by atoms with Gasteiger partial charge in [0.05, 0.1) is 12.0 Å². The third kappa shape index (κ3) is 3.94. The van der Waals surface area contributed by atoms with Gasteiger partial charge in [-0.05, 0) is 42.0 Å². The summed E-state index contributed by atoms with van der Waals surface area (Å²) in [6.45, 7) is 0. The number of amides is 1. The molecule has 0 bridgehead atoms. The van der Waals surface area contributed by atoms with Crippen LogP contribution in [0.4, 0.5) is 14.5 Å². The maximum Gasteiger partial charge on any atom is 0.307 e. The molecule has 0 aliphatic carbocycles. The molecule has 2 N–H and O–H groups in total. The van der Waals surface area contributed by atoms with Gasteiger partial charge in [-0.15, -0.1) is 0 Å². The average Bonchev–Trinajstić information content (AvgIpc) is 3.06. The van der Waals surface area contributed by atoms with Crippen LogP contribution in [-0.4, -0.2) is 17.0 Å². The van der Waals surface area contributed by atoms with E-state index >= 15 is 0 Å². The topological polar surface area (TPSA) is 79.5 Å². The quantitative estimate of drug-likeness (QED) is 0.720. The van der Waals surface area contributed by atoms with Crippen LogP contribution in [0, 0.1) is 11.6 Å². The third-order valence-corrected chi connectivity index (χ3v) is 3.59. The number of halogens is 2. The minimum atomic E-state index is -0.946. The van der Waals surface area contributed by atoms with E-state index in [9.17, 15) is 18.4 Å². The zero-order chi connectivity index (χ0) is 18.7. The summed E-state index contributed by atoms with van der Waals surface area (Å²) < 4.78 is 32.1. The van der Waals surface area contributed by atoms with Crippen LogP contribution in [0.25, 0.3) is 11.3 Å². The molecule has 0 radical (unpaired) electrons. The van der Waals surface area contributed by atoms with E-state index in [1.54, 1.807) is 24.3 Å². The number of aliphatic carboxylic acids is 1. The summed E-state index contributed by atoms with van der Waals surface area (Å²) in [5.74, 6) is -2.94. The van der Waals surface area contributed by atoms with Gasteiger partial charge in [-0.2, -0.15) is 0 Å². The Morgan fingerprint density at radius 1 is 1.00 bits per heavy atom. The SMILES string of the molecule is O=C(O)Cc1ccc(NC(=O)c2ccc(-c3ccc(F)cc3F)o2)cc1. The van der Waals surface area contributed by atoms with Crippen molar-refractivity contribution < 1.29 is 27.9 Å². The van der Waals surface area contributed by atoms with E-state index in [0.717, 1.165) is 12.1 Å². The highest BCUT2D eigenvalue weighted by Gasteiger charge is 2.15. The summed E-state index contributed by atoms with van der Waals surface area (Å²) in [6, 6.07) is 12.2. The molecule has 0 unspecified atom stereocenters. The molecule has 132 valence electrons. The van der Waals surface area contributed by atoms with Gasteiger partial charge < -0.3 is 14.8 Å². The molecule has 0 fully saturated rings. The van der Waals surface area contributed by atoms with Gasteiger partial charge in [-0.1, -0.05) is 12.1 Å². The van der Waals surface area contributed by atoms with Gasteiger partial charge in [0.15, 0.2) is 5.76 Å². The molecule has 1 aromatic heterocycles. The van der Waals surface area contributed by atoms with Gasteiger partial charge in [-0.25, -0.2) is 8.78 Å². The van der Waals surface area contributed by atoms with Crippen molar-refractivity contribution >= 4 is 17.6 Å². The lowest BCUT2D eigenvalue weighted by Gasteiger charge is -2.04. The van der Waals surface area contributed by atoms with Crippen LogP contribution >= 0.6 is 0 Å². The Balaban J connectivity index is 1.73. The van der Waals surface area contributed by atoms with Gasteiger partial charge in [0.2, 0.25) is 0 Å². The highest BCUT2D eigenvalue weighted by atomic mass is 19.1. The molecule has 26 heavy (non-hydrogen) atoms. The molecular weight excluding hydrogens is 344 g/mol. The van der Waals surface area contributed by atoms with Crippen molar-refractivity contribution in [1.29, 1.82) is 0 Å². The third-order valence-electron chi connectivity index (χ3n) is 3.59. The second-order valence-corrected chi connectivity index (χ2v) is 5.51. The van der Waals surface area contributed by atoms with Crippen molar-refractivity contribution in [2.75, 3.05) is 5.32 Å². The summed E-state index contributed by atoms with van der Waals surface area (Å²) >= 11 is 0. The second-order valence-electron chi connectivity index (χ2n) is 5.51. The fourth-order valence-electron chi connectivity index (χ4n) is 2.37. The molecule has 0 spiro atoms. The lowest BCUT2D eigenvalue weighted by molar-refractivity contribution is -0.136. The van der Waals surface area contributed by atoms with E-state index in [0.29, 0.717) is 11.3 Å². The molecule has 3 aromatic rings. The number of hydrogen-bond donors (Lipinski definition) is 2. The number of carbonyl (C=O) groups is 2. The summed E-state index contributed by atoms with van der Waals surface area (Å²) in [7, 11) is 0. The molecule has 7 heteroatoms. The molecule has 1 heterocycles. The Hall–Kier alpha value is -3.48. The molecule has 5 nitrogen and oxygen atoms in total. The molecule has 1 amide bonds. The van der Waals surface area contributed by atoms with Crippen molar-refractivity contribution in [2.24, 2.45) is 0 Å². The molecule has 3 rings (SSSR count). The Kier molecular flexibility index (Phi) is 4.79. The molecule has 2 aromatic carbocycles. The van der Waals surface area contributed by atoms with Crippen LogP contribution in [0.15, 0.2) is 59.0 Å². The number of carboxylic acid groups (broad SMARTS) is 1. The highest BCUT2D eigenvalue weighted by Crippen LogP contribution is 2.26. The first kappa shape index (κ1) is 17.3. The van der Waals surface area contributed by atoms with Gasteiger partial charge in [0.1, 0.15) is 17.4 Å². The predicted octanol–water partition coefficient (Wildman–Crippen LogP) is 4.10. The molecule has 0 aliphatic heterocycles. The van der Waals surface area contributed by atoms with Crippen molar-refractivity contribution in [3.8, 4) is 11.3 Å². The van der Waals surface area contributed by atoms with Crippen LogP contribution in [0.3, 0.4) is 0 Å². The summed E-state index contributed by atoms with van der Waals surface area (Å²) in [4.78, 5) is 22.9. The largest absolute Gasteiger partial charge is 0.481 e. The first-order valence-corrected chi connectivity index (χ1v) is 7.60. The number of benzene rings is 2. The van der Waals surface area contributed by atoms with Crippen molar-refractivity contribution in [3.05, 3.63) is 77.6 Å². The number of rotatable bonds is 5. The molecular formula is C19H13F2NO4. The van der Waals surface area contributed by atoms with Crippen molar-refractivity contribution in [1.82, 2.24) is 0 Å². The summed E-state index contributed by atoms with van der Waals surface area (Å²) in [6.07, 6.45) is -0.112. The highest BCUT2D eigenvalue weighted by molar-refractivity contribution is 6.02.